The number of carboxylic acid groups (broad SMARTS) is 1. The maximum absolute atomic E-state index is 12.8. The first-order valence-corrected chi connectivity index (χ1v) is 26.9. The largest absolute Gasteiger partial charge is 0.544 e. The number of aliphatic carboxylic acids is 1. The number of hydrogen-bond donors (Lipinski definition) is 22. The molecule has 6 rings (SSSR count). The average Bonchev–Trinajstić information content (AvgIpc) is 0.845. The third-order valence-electron chi connectivity index (χ3n) is 15.2. The summed E-state index contributed by atoms with van der Waals surface area (Å²) in [5.74, 6) is -7.15. The fourth-order valence-electron chi connectivity index (χ4n) is 10.5. The van der Waals surface area contributed by atoms with E-state index in [1.165, 1.54) is 0 Å². The highest BCUT2D eigenvalue weighted by atomic mass is 16.8. The zero-order chi connectivity index (χ0) is 63.8. The van der Waals surface area contributed by atoms with Crippen molar-refractivity contribution in [3.63, 3.8) is 0 Å². The molecule has 6 heterocycles. The van der Waals surface area contributed by atoms with E-state index < -0.39 is 273 Å². The van der Waals surface area contributed by atoms with E-state index in [0.29, 0.717) is 0 Å². The lowest BCUT2D eigenvalue weighted by atomic mass is 9.88. The second kappa shape index (κ2) is 31.6. The molecule has 0 saturated carbocycles. The van der Waals surface area contributed by atoms with Gasteiger partial charge in [-0.25, -0.2) is 0 Å². The first kappa shape index (κ1) is 71.7. The molecule has 0 bridgehead atoms. The second-order valence-electron chi connectivity index (χ2n) is 21.1. The van der Waals surface area contributed by atoms with Crippen molar-refractivity contribution >= 4 is 24.2 Å². The van der Waals surface area contributed by atoms with E-state index in [2.05, 4.69) is 16.0 Å². The van der Waals surface area contributed by atoms with Crippen LogP contribution in [0.2, 0.25) is 0 Å². The maximum atomic E-state index is 12.8. The van der Waals surface area contributed by atoms with Crippen LogP contribution >= 0.6 is 0 Å². The predicted molar refractivity (Wildman–Crippen MR) is 261 cm³/mol. The SMILES string of the molecule is CC(=O)N[C@H]1[C@H](O[C@H]2[C@@H](O)[C@@H](CO)O[C@H](O[C@@H]3[C@H](O)[C@@H](O)[C@H](O[C@H]4[C@H](O)[C@@H](O)[C@H](OC[C@@H](CO)NC=O)O[C@@H]4CO)O[C@@H]3CO)[C@@H]2O)O[C@H](CO)[C@H](O)[C@@H]1O[C@@H]1O[C@H](CO[C@]2(C(=O)[O-])C[C@H](O)[C@@H](NC(C)=O)[C@H]([C@H](O)[C@H](O)CO)O2)[C@H](O)[C@H](O)[C@H]1O. The number of ether oxygens (including phenoxy) is 12. The quantitative estimate of drug-likeness (QED) is 0.0340. The molecule has 22 N–H and O–H groups in total. The molecule has 0 aliphatic carbocycles. The topological polar surface area (TPSA) is 623 Å². The monoisotopic (exact) mass is 1260 g/mol. The van der Waals surface area contributed by atoms with Gasteiger partial charge in [0.05, 0.1) is 71.0 Å². The standard InChI is InChI=1S/C47H79N3O36/c1-13(58)49-23-16(60)3-47(46(73)74,86-39(23)25(62)17(61)5-52)76-11-22-26(63)29(66)32(69)43(81-22)84-38-24(50-14(2)59)41(77-18(6-53)27(38)64)85-40-28(65)19(7-54)78-45(35(40)72)83-37-21(9-56)80-44(34(71)31(37)68)82-36-20(8-55)79-42(33(70)30(36)67)75-10-15(4-51)48-12-57/h12,15-45,51-56,60-72H,3-11H2,1-2H3,(H,48,57)(H,49,58)(H,50,59)(H,73,74)/p-1/t15-,16+,17-,18-,19-,20-,21-,22-,23-,24-,25-,26+,27+,28+,29+,30-,31-,32-,33-,34-,35-,36-,37+,38-,39-,40+,41+,42-,43+,44+,45-,47-/m1/s1. The number of rotatable bonds is 27. The van der Waals surface area contributed by atoms with Gasteiger partial charge in [-0.05, 0) is 0 Å². The normalized spacial score (nSPS) is 45.0. The summed E-state index contributed by atoms with van der Waals surface area (Å²) in [4.78, 5) is 48.4. The Bertz CT molecular complexity index is 2150. The molecule has 32 atom stereocenters. The lowest BCUT2D eigenvalue weighted by molar-refractivity contribution is -0.393. The number of carboxylic acids is 1. The van der Waals surface area contributed by atoms with Gasteiger partial charge >= 0.3 is 0 Å². The van der Waals surface area contributed by atoms with E-state index in [1.807, 2.05) is 0 Å². The van der Waals surface area contributed by atoms with E-state index in [-0.39, 0.29) is 6.41 Å². The molecule has 0 radical (unpaired) electrons. The Balaban J connectivity index is 1.19. The van der Waals surface area contributed by atoms with Crippen molar-refractivity contribution < 1.29 is 178 Å². The van der Waals surface area contributed by atoms with E-state index >= 15 is 0 Å². The molecule has 0 aromatic rings. The Labute approximate surface area is 486 Å². The lowest BCUT2D eigenvalue weighted by Crippen LogP contribution is -2.71. The summed E-state index contributed by atoms with van der Waals surface area (Å²) in [5.41, 5.74) is 0. The van der Waals surface area contributed by atoms with Crippen LogP contribution in [0.1, 0.15) is 20.3 Å². The smallest absolute Gasteiger partial charge is 0.217 e. The zero-order valence-electron chi connectivity index (χ0n) is 45.8. The molecule has 39 nitrogen and oxygen atoms in total. The molecular weight excluding hydrogens is 1180 g/mol. The van der Waals surface area contributed by atoms with Crippen LogP contribution in [0, 0.1) is 0 Å². The van der Waals surface area contributed by atoms with E-state index in [4.69, 9.17) is 56.8 Å². The molecule has 0 spiro atoms. The summed E-state index contributed by atoms with van der Waals surface area (Å²) in [6.45, 7) is -5.66. The van der Waals surface area contributed by atoms with Crippen molar-refractivity contribution in [2.24, 2.45) is 0 Å². The van der Waals surface area contributed by atoms with Crippen molar-refractivity contribution in [1.82, 2.24) is 16.0 Å². The van der Waals surface area contributed by atoms with Gasteiger partial charge < -0.3 is 180 Å². The minimum absolute atomic E-state index is 0.266. The molecule has 6 aliphatic heterocycles. The fourth-order valence-corrected chi connectivity index (χ4v) is 10.5. The predicted octanol–water partition coefficient (Wildman–Crippen LogP) is -16.8. The molecule has 0 aromatic carbocycles. The van der Waals surface area contributed by atoms with Gasteiger partial charge in [0.25, 0.3) is 0 Å². The number of aliphatic hydroxyl groups excluding tert-OH is 19. The van der Waals surface area contributed by atoms with Crippen LogP contribution in [0.25, 0.3) is 0 Å². The van der Waals surface area contributed by atoms with Crippen LogP contribution in [0.15, 0.2) is 0 Å². The van der Waals surface area contributed by atoms with Crippen molar-refractivity contribution in [1.29, 1.82) is 0 Å². The first-order chi connectivity index (χ1) is 40.6. The number of nitrogens with one attached hydrogen (secondary N) is 3. The van der Waals surface area contributed by atoms with E-state index in [9.17, 15) is 121 Å². The molecule has 0 aromatic heterocycles. The maximum Gasteiger partial charge on any atom is 0.217 e. The summed E-state index contributed by atoms with van der Waals surface area (Å²) in [5, 5.41) is 224. The van der Waals surface area contributed by atoms with Crippen molar-refractivity contribution in [3.05, 3.63) is 0 Å². The van der Waals surface area contributed by atoms with Crippen LogP contribution in [-0.4, -0.2) is 370 Å². The minimum Gasteiger partial charge on any atom is -0.544 e. The average molecular weight is 1260 g/mol. The number of carbonyl (C=O) groups excluding carboxylic acids is 4. The number of hydrogen-bond acceptors (Lipinski definition) is 36. The van der Waals surface area contributed by atoms with Crippen LogP contribution < -0.4 is 21.1 Å². The van der Waals surface area contributed by atoms with Crippen LogP contribution in [-0.2, 0) is 76.0 Å². The third kappa shape index (κ3) is 16.0. The molecular formula is C47H78N3O36-. The van der Waals surface area contributed by atoms with Crippen molar-refractivity contribution in [2.45, 2.75) is 216 Å². The summed E-state index contributed by atoms with van der Waals surface area (Å²) in [6.07, 6.45) is -57.9. The van der Waals surface area contributed by atoms with Crippen molar-refractivity contribution in [3.8, 4) is 0 Å². The molecule has 6 saturated heterocycles. The molecule has 6 aliphatic rings. The zero-order valence-corrected chi connectivity index (χ0v) is 45.8. The van der Waals surface area contributed by atoms with Gasteiger partial charge in [0.2, 0.25) is 24.0 Å². The first-order valence-electron chi connectivity index (χ1n) is 26.9. The molecule has 39 heteroatoms. The second-order valence-corrected chi connectivity index (χ2v) is 21.1. The Hall–Kier alpha value is -3.36. The highest BCUT2D eigenvalue weighted by Crippen LogP contribution is 2.38. The van der Waals surface area contributed by atoms with Gasteiger partial charge in [-0.15, -0.1) is 0 Å². The van der Waals surface area contributed by atoms with E-state index in [0.717, 1.165) is 13.8 Å². The summed E-state index contributed by atoms with van der Waals surface area (Å²) in [7, 11) is 0. The number of aliphatic hydroxyl groups is 19. The highest BCUT2D eigenvalue weighted by molar-refractivity contribution is 5.75. The number of amides is 3. The molecule has 86 heavy (non-hydrogen) atoms. The Morgan fingerprint density at radius 2 is 1.00 bits per heavy atom. The molecule has 498 valence electrons. The van der Waals surface area contributed by atoms with Crippen LogP contribution in [0.4, 0.5) is 0 Å². The molecule has 3 amide bonds. The van der Waals surface area contributed by atoms with Gasteiger partial charge in [0, 0.05) is 20.3 Å². The Kier molecular flexibility index (Phi) is 26.3. The highest BCUT2D eigenvalue weighted by Gasteiger charge is 2.59. The van der Waals surface area contributed by atoms with E-state index in [1.54, 1.807) is 0 Å². The number of carbonyl (C=O) groups is 4. The van der Waals surface area contributed by atoms with Gasteiger partial charge in [0.15, 0.2) is 31.5 Å². The van der Waals surface area contributed by atoms with Crippen molar-refractivity contribution in [2.75, 3.05) is 52.9 Å². The Morgan fingerprint density at radius 3 is 1.51 bits per heavy atom. The molecule has 0 unspecified atom stereocenters. The fraction of sp³-hybridized carbons (Fsp3) is 0.915. The van der Waals surface area contributed by atoms with Gasteiger partial charge in [-0.1, -0.05) is 0 Å². The minimum atomic E-state index is -3.13. The van der Waals surface area contributed by atoms with Gasteiger partial charge in [0.1, 0.15) is 146 Å². The summed E-state index contributed by atoms with van der Waals surface area (Å²) >= 11 is 0. The third-order valence-corrected chi connectivity index (χ3v) is 15.2. The summed E-state index contributed by atoms with van der Waals surface area (Å²) < 4.78 is 68.1. The summed E-state index contributed by atoms with van der Waals surface area (Å²) in [6, 6.07) is -4.52. The Morgan fingerprint density at radius 1 is 0.547 bits per heavy atom. The lowest BCUT2D eigenvalue weighted by Gasteiger charge is -2.51. The molecule has 6 fully saturated rings. The van der Waals surface area contributed by atoms with Crippen LogP contribution in [0.5, 0.6) is 0 Å². The van der Waals surface area contributed by atoms with Crippen LogP contribution in [0.3, 0.4) is 0 Å². The van der Waals surface area contributed by atoms with Gasteiger partial charge in [-0.3, -0.25) is 14.4 Å². The van der Waals surface area contributed by atoms with Gasteiger partial charge in [-0.2, -0.15) is 0 Å².